The maximum Gasteiger partial charge on any atom is 0.417 e. The Labute approximate surface area is 165 Å². The van der Waals surface area contributed by atoms with Crippen LogP contribution in [0.5, 0.6) is 0 Å². The molecule has 1 aromatic carbocycles. The molecule has 7 nitrogen and oxygen atoms in total. The Morgan fingerprint density at radius 3 is 2.72 bits per heavy atom. The van der Waals surface area contributed by atoms with Crippen LogP contribution in [0.25, 0.3) is 0 Å². The van der Waals surface area contributed by atoms with Gasteiger partial charge in [-0.15, -0.1) is 0 Å². The fourth-order valence-corrected chi connectivity index (χ4v) is 8.26. The second-order valence-electron chi connectivity index (χ2n) is 7.87. The third kappa shape index (κ3) is 2.68. The van der Waals surface area contributed by atoms with Crippen molar-refractivity contribution in [1.82, 2.24) is 5.32 Å². The third-order valence-corrected chi connectivity index (χ3v) is 9.41. The number of benzene rings is 1. The molecule has 0 spiro atoms. The number of amides is 1. The topological polar surface area (TPSA) is 110 Å². The van der Waals surface area contributed by atoms with E-state index in [1.807, 2.05) is 0 Å². The van der Waals surface area contributed by atoms with Gasteiger partial charge in [0.25, 0.3) is 0 Å². The highest BCUT2D eigenvalue weighted by Gasteiger charge is 2.70. The first-order chi connectivity index (χ1) is 13.5. The summed E-state index contributed by atoms with van der Waals surface area (Å²) in [6.07, 6.45) is -3.99. The highest BCUT2D eigenvalue weighted by Crippen LogP contribution is 2.62. The average molecular weight is 429 g/mol. The molecule has 29 heavy (non-hydrogen) atoms. The number of hydrogen-bond acceptors (Lipinski definition) is 4. The molecule has 11 heteroatoms. The van der Waals surface area contributed by atoms with Gasteiger partial charge in [0, 0.05) is 19.0 Å². The summed E-state index contributed by atoms with van der Waals surface area (Å²) in [6.45, 7) is -0.274. The summed E-state index contributed by atoms with van der Waals surface area (Å²) in [6, 6.07) is 4.35. The van der Waals surface area contributed by atoms with Gasteiger partial charge in [-0.05, 0) is 49.3 Å². The minimum Gasteiger partial charge on any atom is -0.465 e. The number of alkyl halides is 3. The van der Waals surface area contributed by atoms with Gasteiger partial charge >= 0.3 is 12.3 Å². The summed E-state index contributed by atoms with van der Waals surface area (Å²) in [7, 11) is -4.13. The van der Waals surface area contributed by atoms with E-state index in [-0.39, 0.29) is 36.5 Å². The van der Waals surface area contributed by atoms with E-state index in [0.29, 0.717) is 18.9 Å². The van der Waals surface area contributed by atoms with Crippen molar-refractivity contribution < 1.29 is 31.5 Å². The van der Waals surface area contributed by atoms with E-state index >= 15 is 0 Å². The molecule has 1 aromatic rings. The van der Waals surface area contributed by atoms with Crippen molar-refractivity contribution in [2.24, 2.45) is 17.8 Å². The Hall–Kier alpha value is -2.48. The standard InChI is InChI=1S/C18H18F3N3O4S/c19-18(20,21)14-6-13(4-2-11(14)7-22)24-8-15-10-1-3-12(5-10)17(15,29(24,27)28)9-23-16(25)26/h2,4,6,10,12,15,23H,1,3,5,8-9H2,(H,25,26)/t10-,12+,15-,17+/m0/s1. The van der Waals surface area contributed by atoms with Gasteiger partial charge in [-0.2, -0.15) is 18.4 Å². The molecule has 1 aliphatic heterocycles. The number of carboxylic acid groups (broad SMARTS) is 1. The molecule has 2 saturated carbocycles. The lowest BCUT2D eigenvalue weighted by atomic mass is 9.78. The third-order valence-electron chi connectivity index (χ3n) is 6.73. The lowest BCUT2D eigenvalue weighted by molar-refractivity contribution is -0.137. The summed E-state index contributed by atoms with van der Waals surface area (Å²) < 4.78 is 66.8. The molecule has 3 aliphatic rings. The molecule has 1 heterocycles. The van der Waals surface area contributed by atoms with Crippen LogP contribution in [0.2, 0.25) is 0 Å². The molecular formula is C18H18F3N3O4S. The van der Waals surface area contributed by atoms with Crippen molar-refractivity contribution in [3.05, 3.63) is 29.3 Å². The van der Waals surface area contributed by atoms with E-state index in [0.717, 1.165) is 16.8 Å². The van der Waals surface area contributed by atoms with E-state index in [1.165, 1.54) is 12.1 Å². The number of carbonyl (C=O) groups is 1. The van der Waals surface area contributed by atoms with Gasteiger partial charge in [-0.1, -0.05) is 0 Å². The normalized spacial score (nSPS) is 32.1. The van der Waals surface area contributed by atoms with Crippen LogP contribution in [0.15, 0.2) is 18.2 Å². The SMILES string of the molecule is N#Cc1ccc(N2C[C@H]3[C@H]4CC[C@H](C4)[C@@]3(CNC(=O)O)S2(=O)=O)cc1C(F)(F)F. The maximum atomic E-state index is 13.6. The van der Waals surface area contributed by atoms with Crippen LogP contribution in [0, 0.1) is 29.1 Å². The minimum absolute atomic E-state index is 0.00793. The Morgan fingerprint density at radius 1 is 1.38 bits per heavy atom. The first-order valence-electron chi connectivity index (χ1n) is 9.13. The number of hydrogen-bond donors (Lipinski definition) is 2. The molecule has 0 radical (unpaired) electrons. The molecular weight excluding hydrogens is 411 g/mol. The van der Waals surface area contributed by atoms with E-state index in [2.05, 4.69) is 5.32 Å². The number of nitrogens with one attached hydrogen (secondary N) is 1. The number of nitrogens with zero attached hydrogens (tertiary/aromatic N) is 2. The van der Waals surface area contributed by atoms with E-state index in [9.17, 15) is 26.4 Å². The summed E-state index contributed by atoms with van der Waals surface area (Å²) in [5.41, 5.74) is -1.93. The Balaban J connectivity index is 1.80. The lowest BCUT2D eigenvalue weighted by Gasteiger charge is -2.36. The summed E-state index contributed by atoms with van der Waals surface area (Å²) in [4.78, 5) is 11.1. The number of rotatable bonds is 3. The monoisotopic (exact) mass is 429 g/mol. The molecule has 2 bridgehead atoms. The maximum absolute atomic E-state index is 13.6. The molecule has 156 valence electrons. The largest absolute Gasteiger partial charge is 0.465 e. The molecule has 2 N–H and O–H groups in total. The van der Waals surface area contributed by atoms with Crippen LogP contribution in [0.4, 0.5) is 23.7 Å². The summed E-state index contributed by atoms with van der Waals surface area (Å²) in [5, 5.41) is 20.2. The summed E-state index contributed by atoms with van der Waals surface area (Å²) >= 11 is 0. The molecule has 4 rings (SSSR count). The number of fused-ring (bicyclic) bond motifs is 5. The number of anilines is 1. The van der Waals surface area contributed by atoms with Crippen molar-refractivity contribution in [3.8, 4) is 6.07 Å². The molecule has 0 aromatic heterocycles. The van der Waals surface area contributed by atoms with Gasteiger partial charge in [0.2, 0.25) is 10.0 Å². The highest BCUT2D eigenvalue weighted by molar-refractivity contribution is 7.94. The average Bonchev–Trinajstić information content (AvgIpc) is 3.29. The fraction of sp³-hybridized carbons (Fsp3) is 0.556. The number of nitriles is 1. The van der Waals surface area contributed by atoms with Gasteiger partial charge in [0.1, 0.15) is 4.75 Å². The first-order valence-corrected chi connectivity index (χ1v) is 10.6. The van der Waals surface area contributed by atoms with E-state index < -0.39 is 38.2 Å². The van der Waals surface area contributed by atoms with Gasteiger partial charge in [-0.25, -0.2) is 13.2 Å². The molecule has 0 unspecified atom stereocenters. The molecule has 1 saturated heterocycles. The molecule has 3 fully saturated rings. The van der Waals surface area contributed by atoms with Crippen LogP contribution in [-0.4, -0.2) is 37.5 Å². The number of halogens is 3. The number of sulfonamides is 1. The zero-order valence-corrected chi connectivity index (χ0v) is 15.9. The zero-order valence-electron chi connectivity index (χ0n) is 15.1. The molecule has 2 aliphatic carbocycles. The van der Waals surface area contributed by atoms with Crippen LogP contribution in [0.3, 0.4) is 0 Å². The van der Waals surface area contributed by atoms with Crippen molar-refractivity contribution in [2.75, 3.05) is 17.4 Å². The lowest BCUT2D eigenvalue weighted by Crippen LogP contribution is -2.55. The Morgan fingerprint density at radius 2 is 2.10 bits per heavy atom. The zero-order chi connectivity index (χ0) is 21.2. The van der Waals surface area contributed by atoms with E-state index in [4.69, 9.17) is 10.4 Å². The van der Waals surface area contributed by atoms with Gasteiger partial charge < -0.3 is 10.4 Å². The second kappa shape index (κ2) is 6.26. The Bertz CT molecular complexity index is 1020. The highest BCUT2D eigenvalue weighted by atomic mass is 32.2. The van der Waals surface area contributed by atoms with E-state index in [1.54, 1.807) is 0 Å². The summed E-state index contributed by atoms with van der Waals surface area (Å²) in [5.74, 6) is -0.501. The molecule has 4 atom stereocenters. The predicted octanol–water partition coefficient (Wildman–Crippen LogP) is 2.78. The van der Waals surface area contributed by atoms with Gasteiger partial charge in [0.15, 0.2) is 0 Å². The Kier molecular flexibility index (Phi) is 4.28. The predicted molar refractivity (Wildman–Crippen MR) is 95.5 cm³/mol. The van der Waals surface area contributed by atoms with Crippen LogP contribution < -0.4 is 9.62 Å². The van der Waals surface area contributed by atoms with Crippen molar-refractivity contribution >= 4 is 21.8 Å². The van der Waals surface area contributed by atoms with Crippen LogP contribution in [-0.2, 0) is 16.2 Å². The van der Waals surface area contributed by atoms with Gasteiger partial charge in [-0.3, -0.25) is 4.31 Å². The second-order valence-corrected chi connectivity index (χ2v) is 10.0. The quantitative estimate of drug-likeness (QED) is 0.768. The van der Waals surface area contributed by atoms with Gasteiger partial charge in [0.05, 0.1) is 22.9 Å². The fourth-order valence-electron chi connectivity index (χ4n) is 5.56. The smallest absolute Gasteiger partial charge is 0.417 e. The van der Waals surface area contributed by atoms with Crippen LogP contribution in [0.1, 0.15) is 30.4 Å². The van der Waals surface area contributed by atoms with Crippen molar-refractivity contribution in [2.45, 2.75) is 30.2 Å². The minimum atomic E-state index is -4.80. The molecule has 1 amide bonds. The first kappa shape index (κ1) is 19.8. The van der Waals surface area contributed by atoms with Crippen molar-refractivity contribution in [1.29, 1.82) is 5.26 Å². The van der Waals surface area contributed by atoms with Crippen LogP contribution >= 0.6 is 0 Å². The van der Waals surface area contributed by atoms with Crippen molar-refractivity contribution in [3.63, 3.8) is 0 Å².